The Morgan fingerprint density at radius 3 is 2.87 bits per heavy atom. The molecule has 0 fully saturated rings. The smallest absolute Gasteiger partial charge is 0.258 e. The van der Waals surface area contributed by atoms with Crippen molar-refractivity contribution >= 4 is 23.3 Å². The maximum absolute atomic E-state index is 12.3. The zero-order valence-electron chi connectivity index (χ0n) is 12.5. The molecular weight excluding hydrogens is 312 g/mol. The predicted octanol–water partition coefficient (Wildman–Crippen LogP) is 3.54. The number of nitrogens with zero attached hydrogens (tertiary/aromatic N) is 3. The summed E-state index contributed by atoms with van der Waals surface area (Å²) in [5.41, 5.74) is 2.38. The summed E-state index contributed by atoms with van der Waals surface area (Å²) in [6, 6.07) is 12.8. The highest BCUT2D eigenvalue weighted by Gasteiger charge is 2.10. The average molecular weight is 327 g/mol. The summed E-state index contributed by atoms with van der Waals surface area (Å²) >= 11 is 6.00. The standard InChI is InChI=1S/C17H15ClN4O/c1-12-5-6-14(10-19-12)17(23)21-16-7-8-20-22(16)11-13-3-2-4-15(18)9-13/h2-10H,11H2,1H3,(H,21,23). The van der Waals surface area contributed by atoms with Crippen molar-refractivity contribution in [2.45, 2.75) is 13.5 Å². The number of halogens is 1. The van der Waals surface area contributed by atoms with E-state index in [9.17, 15) is 4.79 Å². The highest BCUT2D eigenvalue weighted by Crippen LogP contribution is 2.15. The number of benzene rings is 1. The van der Waals surface area contributed by atoms with Crippen LogP contribution in [-0.2, 0) is 6.54 Å². The van der Waals surface area contributed by atoms with E-state index in [4.69, 9.17) is 11.6 Å². The van der Waals surface area contributed by atoms with Crippen molar-refractivity contribution in [1.29, 1.82) is 0 Å². The molecule has 3 rings (SSSR count). The molecule has 0 unspecified atom stereocenters. The molecule has 0 aliphatic rings. The minimum absolute atomic E-state index is 0.217. The quantitative estimate of drug-likeness (QED) is 0.797. The van der Waals surface area contributed by atoms with Crippen molar-refractivity contribution in [1.82, 2.24) is 14.8 Å². The summed E-state index contributed by atoms with van der Waals surface area (Å²) in [5.74, 6) is 0.404. The molecule has 5 nitrogen and oxygen atoms in total. The molecule has 0 aliphatic carbocycles. The minimum Gasteiger partial charge on any atom is -0.307 e. The third-order valence-electron chi connectivity index (χ3n) is 3.35. The van der Waals surface area contributed by atoms with Crippen LogP contribution in [0.4, 0.5) is 5.82 Å². The molecule has 1 aromatic carbocycles. The van der Waals surface area contributed by atoms with Gasteiger partial charge >= 0.3 is 0 Å². The Balaban J connectivity index is 1.75. The molecule has 0 aliphatic heterocycles. The SMILES string of the molecule is Cc1ccc(C(=O)Nc2ccnn2Cc2cccc(Cl)c2)cn1. The largest absolute Gasteiger partial charge is 0.307 e. The van der Waals surface area contributed by atoms with E-state index >= 15 is 0 Å². The first-order chi connectivity index (χ1) is 11.1. The second-order valence-corrected chi connectivity index (χ2v) is 5.58. The summed E-state index contributed by atoms with van der Waals surface area (Å²) in [5, 5.41) is 7.77. The van der Waals surface area contributed by atoms with E-state index in [1.54, 1.807) is 35.3 Å². The number of hydrogen-bond acceptors (Lipinski definition) is 3. The van der Waals surface area contributed by atoms with Crippen LogP contribution in [0.5, 0.6) is 0 Å². The number of pyridine rings is 1. The van der Waals surface area contributed by atoms with Crippen LogP contribution in [0, 0.1) is 6.92 Å². The van der Waals surface area contributed by atoms with Crippen LogP contribution >= 0.6 is 11.6 Å². The van der Waals surface area contributed by atoms with Crippen molar-refractivity contribution in [3.8, 4) is 0 Å². The van der Waals surface area contributed by atoms with E-state index < -0.39 is 0 Å². The number of amides is 1. The second kappa shape index (κ2) is 6.62. The Hall–Kier alpha value is -2.66. The average Bonchev–Trinajstić information content (AvgIpc) is 2.95. The van der Waals surface area contributed by atoms with Gasteiger partial charge in [-0.15, -0.1) is 0 Å². The summed E-state index contributed by atoms with van der Waals surface area (Å²) in [7, 11) is 0. The van der Waals surface area contributed by atoms with Gasteiger partial charge < -0.3 is 5.32 Å². The molecule has 3 aromatic rings. The third kappa shape index (κ3) is 3.76. The molecule has 0 bridgehead atoms. The number of carbonyl (C=O) groups excluding carboxylic acids is 1. The van der Waals surface area contributed by atoms with Crippen LogP contribution in [-0.4, -0.2) is 20.7 Å². The summed E-state index contributed by atoms with van der Waals surface area (Å²) < 4.78 is 1.71. The van der Waals surface area contributed by atoms with Gasteiger partial charge in [0, 0.05) is 23.0 Å². The van der Waals surface area contributed by atoms with Crippen molar-refractivity contribution in [2.24, 2.45) is 0 Å². The predicted molar refractivity (Wildman–Crippen MR) is 89.7 cm³/mol. The number of aryl methyl sites for hydroxylation is 1. The van der Waals surface area contributed by atoms with E-state index in [0.717, 1.165) is 11.3 Å². The van der Waals surface area contributed by atoms with E-state index in [2.05, 4.69) is 15.4 Å². The lowest BCUT2D eigenvalue weighted by atomic mass is 10.2. The lowest BCUT2D eigenvalue weighted by molar-refractivity contribution is 0.102. The lowest BCUT2D eigenvalue weighted by Crippen LogP contribution is -2.16. The number of anilines is 1. The van der Waals surface area contributed by atoms with Gasteiger partial charge in [-0.3, -0.25) is 9.78 Å². The third-order valence-corrected chi connectivity index (χ3v) is 3.59. The molecule has 0 saturated carbocycles. The van der Waals surface area contributed by atoms with Crippen LogP contribution in [0.1, 0.15) is 21.6 Å². The summed E-state index contributed by atoms with van der Waals surface area (Å²) in [6.45, 7) is 2.40. The Labute approximate surface area is 138 Å². The molecule has 0 spiro atoms. The molecule has 2 heterocycles. The van der Waals surface area contributed by atoms with Gasteiger partial charge in [0.05, 0.1) is 18.3 Å². The topological polar surface area (TPSA) is 59.8 Å². The molecular formula is C17H15ClN4O. The molecule has 2 aromatic heterocycles. The maximum atomic E-state index is 12.3. The zero-order valence-corrected chi connectivity index (χ0v) is 13.3. The molecule has 0 radical (unpaired) electrons. The molecule has 6 heteroatoms. The molecule has 1 N–H and O–H groups in total. The van der Waals surface area contributed by atoms with Crippen LogP contribution < -0.4 is 5.32 Å². The Kier molecular flexibility index (Phi) is 4.39. The van der Waals surface area contributed by atoms with Crippen LogP contribution in [0.2, 0.25) is 5.02 Å². The summed E-state index contributed by atoms with van der Waals surface area (Å²) in [6.07, 6.45) is 3.20. The molecule has 23 heavy (non-hydrogen) atoms. The first kappa shape index (κ1) is 15.2. The molecule has 116 valence electrons. The van der Waals surface area contributed by atoms with Gasteiger partial charge in [0.1, 0.15) is 5.82 Å². The van der Waals surface area contributed by atoms with Crippen LogP contribution in [0.25, 0.3) is 0 Å². The van der Waals surface area contributed by atoms with Gasteiger partial charge in [0.2, 0.25) is 0 Å². The highest BCUT2D eigenvalue weighted by molar-refractivity contribution is 6.30. The first-order valence-electron chi connectivity index (χ1n) is 7.12. The van der Waals surface area contributed by atoms with Gasteiger partial charge in [0.15, 0.2) is 0 Å². The van der Waals surface area contributed by atoms with E-state index in [-0.39, 0.29) is 5.91 Å². The Morgan fingerprint density at radius 2 is 2.13 bits per heavy atom. The summed E-state index contributed by atoms with van der Waals surface area (Å²) in [4.78, 5) is 16.4. The van der Waals surface area contributed by atoms with Crippen LogP contribution in [0.3, 0.4) is 0 Å². The molecule has 0 saturated heterocycles. The number of hydrogen-bond donors (Lipinski definition) is 1. The molecule has 0 atom stereocenters. The van der Waals surface area contributed by atoms with Gasteiger partial charge in [-0.25, -0.2) is 4.68 Å². The van der Waals surface area contributed by atoms with E-state index in [0.29, 0.717) is 22.9 Å². The normalized spacial score (nSPS) is 10.5. The fourth-order valence-corrected chi connectivity index (χ4v) is 2.38. The van der Waals surface area contributed by atoms with Gasteiger partial charge in [-0.1, -0.05) is 23.7 Å². The fraction of sp³-hybridized carbons (Fsp3) is 0.118. The zero-order chi connectivity index (χ0) is 16.2. The highest BCUT2D eigenvalue weighted by atomic mass is 35.5. The lowest BCUT2D eigenvalue weighted by Gasteiger charge is -2.09. The minimum atomic E-state index is -0.217. The number of carbonyl (C=O) groups is 1. The van der Waals surface area contributed by atoms with E-state index in [1.165, 1.54) is 0 Å². The second-order valence-electron chi connectivity index (χ2n) is 5.15. The maximum Gasteiger partial charge on any atom is 0.258 e. The number of aromatic nitrogens is 3. The molecule has 1 amide bonds. The van der Waals surface area contributed by atoms with Gasteiger partial charge in [0.25, 0.3) is 5.91 Å². The Bertz CT molecular complexity index is 827. The number of rotatable bonds is 4. The van der Waals surface area contributed by atoms with Gasteiger partial charge in [-0.2, -0.15) is 5.10 Å². The fourth-order valence-electron chi connectivity index (χ4n) is 2.16. The van der Waals surface area contributed by atoms with Crippen molar-refractivity contribution < 1.29 is 4.79 Å². The van der Waals surface area contributed by atoms with Crippen molar-refractivity contribution in [3.05, 3.63) is 76.7 Å². The van der Waals surface area contributed by atoms with Crippen LogP contribution in [0.15, 0.2) is 54.9 Å². The Morgan fingerprint density at radius 1 is 1.26 bits per heavy atom. The monoisotopic (exact) mass is 326 g/mol. The van der Waals surface area contributed by atoms with Crippen molar-refractivity contribution in [2.75, 3.05) is 5.32 Å². The first-order valence-corrected chi connectivity index (χ1v) is 7.50. The van der Waals surface area contributed by atoms with Crippen molar-refractivity contribution in [3.63, 3.8) is 0 Å². The number of nitrogens with one attached hydrogen (secondary N) is 1. The van der Waals surface area contributed by atoms with E-state index in [1.807, 2.05) is 31.2 Å². The van der Waals surface area contributed by atoms with Gasteiger partial charge in [-0.05, 0) is 36.8 Å².